The third-order valence-corrected chi connectivity index (χ3v) is 2.74. The summed E-state index contributed by atoms with van der Waals surface area (Å²) in [5.41, 5.74) is -0.452. The highest BCUT2D eigenvalue weighted by atomic mass is 16.6. The van der Waals surface area contributed by atoms with Crippen LogP contribution in [-0.4, -0.2) is 22.8 Å². The molecule has 84 valence electrons. The quantitative estimate of drug-likeness (QED) is 0.697. The van der Waals surface area contributed by atoms with Crippen LogP contribution in [0.3, 0.4) is 0 Å². The van der Waals surface area contributed by atoms with Crippen molar-refractivity contribution >= 4 is 6.09 Å². The van der Waals surface area contributed by atoms with Gasteiger partial charge in [0.1, 0.15) is 5.60 Å². The molecule has 1 amide bonds. The molecule has 0 unspecified atom stereocenters. The average Bonchev–Trinajstić information content (AvgIpc) is 2.54. The lowest BCUT2D eigenvalue weighted by atomic mass is 10.2. The van der Waals surface area contributed by atoms with Crippen molar-refractivity contribution in [2.24, 2.45) is 11.8 Å². The van der Waals surface area contributed by atoms with E-state index in [1.807, 2.05) is 26.8 Å². The number of rotatable bonds is 1. The Balaban J connectivity index is 1.79. The monoisotopic (exact) mass is 211 g/mol. The molecule has 3 atom stereocenters. The first-order valence-electron chi connectivity index (χ1n) is 5.26. The van der Waals surface area contributed by atoms with E-state index in [9.17, 15) is 9.90 Å². The summed E-state index contributed by atoms with van der Waals surface area (Å²) in [7, 11) is 0. The standard InChI is InChI=1S/C11H17NO3/c1-11(2,3)15-10(14)12-9-7-4-6(13)5-8(7)9/h4,7-9,13H,5H2,1-3H3,(H,12,14)/t7-,8+,9+/m1/s1. The lowest BCUT2D eigenvalue weighted by Gasteiger charge is -2.20. The van der Waals surface area contributed by atoms with Gasteiger partial charge in [0.25, 0.3) is 0 Å². The smallest absolute Gasteiger partial charge is 0.407 e. The summed E-state index contributed by atoms with van der Waals surface area (Å²) in [5.74, 6) is 1.15. The Morgan fingerprint density at radius 2 is 2.27 bits per heavy atom. The second-order valence-corrected chi connectivity index (χ2v) is 5.28. The molecule has 2 rings (SSSR count). The summed E-state index contributed by atoms with van der Waals surface area (Å²) < 4.78 is 5.15. The zero-order chi connectivity index (χ0) is 11.2. The molecule has 2 N–H and O–H groups in total. The van der Waals surface area contributed by atoms with Crippen LogP contribution in [0.15, 0.2) is 11.8 Å². The molecular formula is C11H17NO3. The minimum Gasteiger partial charge on any atom is -0.513 e. The first-order chi connectivity index (χ1) is 6.87. The largest absolute Gasteiger partial charge is 0.513 e. The molecule has 0 bridgehead atoms. The van der Waals surface area contributed by atoms with Crippen LogP contribution < -0.4 is 5.32 Å². The maximum Gasteiger partial charge on any atom is 0.407 e. The summed E-state index contributed by atoms with van der Waals surface area (Å²) >= 11 is 0. The van der Waals surface area contributed by atoms with Crippen molar-refractivity contribution in [3.8, 4) is 0 Å². The zero-order valence-corrected chi connectivity index (χ0v) is 9.28. The molecule has 0 aromatic carbocycles. The van der Waals surface area contributed by atoms with Crippen LogP contribution in [0.5, 0.6) is 0 Å². The lowest BCUT2D eigenvalue weighted by molar-refractivity contribution is 0.0518. The minimum absolute atomic E-state index is 0.163. The number of fused-ring (bicyclic) bond motifs is 1. The van der Waals surface area contributed by atoms with Gasteiger partial charge in [0, 0.05) is 18.4 Å². The fourth-order valence-corrected chi connectivity index (χ4v) is 2.07. The van der Waals surface area contributed by atoms with Crippen LogP contribution in [0.2, 0.25) is 0 Å². The number of allylic oxidation sites excluding steroid dienone is 1. The number of amides is 1. The average molecular weight is 211 g/mol. The molecule has 0 saturated heterocycles. The predicted molar refractivity (Wildman–Crippen MR) is 55.5 cm³/mol. The van der Waals surface area contributed by atoms with Gasteiger partial charge in [0.2, 0.25) is 0 Å². The third-order valence-electron chi connectivity index (χ3n) is 2.74. The Morgan fingerprint density at radius 3 is 2.73 bits per heavy atom. The molecule has 0 spiro atoms. The van der Waals surface area contributed by atoms with Crippen molar-refractivity contribution in [2.45, 2.75) is 38.8 Å². The summed E-state index contributed by atoms with van der Waals surface area (Å²) in [6, 6.07) is 0.163. The lowest BCUT2D eigenvalue weighted by Crippen LogP contribution is -2.35. The molecule has 0 aromatic heterocycles. The van der Waals surface area contributed by atoms with E-state index < -0.39 is 5.60 Å². The van der Waals surface area contributed by atoms with Crippen LogP contribution >= 0.6 is 0 Å². The van der Waals surface area contributed by atoms with E-state index in [0.29, 0.717) is 24.0 Å². The highest BCUT2D eigenvalue weighted by Crippen LogP contribution is 2.49. The molecule has 4 heteroatoms. The van der Waals surface area contributed by atoms with Gasteiger partial charge in [-0.15, -0.1) is 0 Å². The Kier molecular flexibility index (Phi) is 2.17. The summed E-state index contributed by atoms with van der Waals surface area (Å²) in [4.78, 5) is 11.4. The molecule has 0 aliphatic heterocycles. The molecule has 0 heterocycles. The highest BCUT2D eigenvalue weighted by molar-refractivity contribution is 5.69. The fourth-order valence-electron chi connectivity index (χ4n) is 2.07. The number of carbonyl (C=O) groups excluding carboxylic acids is 1. The topological polar surface area (TPSA) is 58.6 Å². The molecule has 2 aliphatic rings. The number of hydrogen-bond acceptors (Lipinski definition) is 3. The van der Waals surface area contributed by atoms with Crippen LogP contribution in [0.25, 0.3) is 0 Å². The van der Waals surface area contributed by atoms with Crippen molar-refractivity contribution in [1.29, 1.82) is 0 Å². The van der Waals surface area contributed by atoms with Crippen LogP contribution in [0.1, 0.15) is 27.2 Å². The number of hydrogen-bond donors (Lipinski definition) is 2. The van der Waals surface area contributed by atoms with E-state index in [1.54, 1.807) is 0 Å². The number of nitrogens with one attached hydrogen (secondary N) is 1. The van der Waals surface area contributed by atoms with Gasteiger partial charge in [-0.2, -0.15) is 0 Å². The van der Waals surface area contributed by atoms with Crippen molar-refractivity contribution in [3.05, 3.63) is 11.8 Å². The highest BCUT2D eigenvalue weighted by Gasteiger charge is 2.53. The van der Waals surface area contributed by atoms with Crippen molar-refractivity contribution in [3.63, 3.8) is 0 Å². The Bertz CT molecular complexity index is 316. The van der Waals surface area contributed by atoms with Crippen LogP contribution in [-0.2, 0) is 4.74 Å². The zero-order valence-electron chi connectivity index (χ0n) is 9.28. The van der Waals surface area contributed by atoms with E-state index >= 15 is 0 Å². The minimum atomic E-state index is -0.452. The number of carbonyl (C=O) groups is 1. The first-order valence-corrected chi connectivity index (χ1v) is 5.26. The number of aliphatic hydroxyl groups excluding tert-OH is 1. The molecule has 0 radical (unpaired) electrons. The Labute approximate surface area is 89.3 Å². The second kappa shape index (κ2) is 3.15. The second-order valence-electron chi connectivity index (χ2n) is 5.28. The maximum atomic E-state index is 11.4. The normalized spacial score (nSPS) is 33.0. The van der Waals surface area contributed by atoms with Crippen LogP contribution in [0.4, 0.5) is 4.79 Å². The van der Waals surface area contributed by atoms with E-state index in [0.717, 1.165) is 0 Å². The number of alkyl carbamates (subject to hydrolysis) is 1. The number of aliphatic hydroxyl groups is 1. The van der Waals surface area contributed by atoms with Crippen LogP contribution in [0, 0.1) is 11.8 Å². The molecule has 15 heavy (non-hydrogen) atoms. The molecule has 4 nitrogen and oxygen atoms in total. The molecule has 2 aliphatic carbocycles. The van der Waals surface area contributed by atoms with Gasteiger partial charge in [-0.3, -0.25) is 0 Å². The van der Waals surface area contributed by atoms with Crippen molar-refractivity contribution in [1.82, 2.24) is 5.32 Å². The van der Waals surface area contributed by atoms with Gasteiger partial charge in [-0.05, 0) is 32.8 Å². The van der Waals surface area contributed by atoms with E-state index in [2.05, 4.69) is 5.32 Å². The van der Waals surface area contributed by atoms with E-state index in [-0.39, 0.29) is 12.1 Å². The summed E-state index contributed by atoms with van der Waals surface area (Å²) in [6.07, 6.45) is 2.15. The van der Waals surface area contributed by atoms with E-state index in [4.69, 9.17) is 4.74 Å². The third kappa shape index (κ3) is 2.25. The van der Waals surface area contributed by atoms with Crippen molar-refractivity contribution in [2.75, 3.05) is 0 Å². The van der Waals surface area contributed by atoms with E-state index in [1.165, 1.54) is 0 Å². The summed E-state index contributed by atoms with van der Waals surface area (Å²) in [6.45, 7) is 5.52. The van der Waals surface area contributed by atoms with Crippen molar-refractivity contribution < 1.29 is 14.6 Å². The predicted octanol–water partition coefficient (Wildman–Crippen LogP) is 1.97. The fraction of sp³-hybridized carbons (Fsp3) is 0.727. The Hall–Kier alpha value is -1.19. The molecule has 1 saturated carbocycles. The Morgan fingerprint density at radius 1 is 1.60 bits per heavy atom. The molecule has 0 aromatic rings. The van der Waals surface area contributed by atoms with Gasteiger partial charge in [-0.25, -0.2) is 4.79 Å². The van der Waals surface area contributed by atoms with Gasteiger partial charge < -0.3 is 15.2 Å². The number of ether oxygens (including phenoxy) is 1. The SMILES string of the molecule is CC(C)(C)OC(=O)N[C@H]1[C@@H]2C=C(O)C[C@@H]21. The van der Waals surface area contributed by atoms with Gasteiger partial charge >= 0.3 is 6.09 Å². The van der Waals surface area contributed by atoms with Gasteiger partial charge in [-0.1, -0.05) is 0 Å². The summed E-state index contributed by atoms with van der Waals surface area (Å²) in [5, 5.41) is 12.0. The first kappa shape index (κ1) is 10.3. The molecule has 1 fully saturated rings. The molecular weight excluding hydrogens is 194 g/mol. The van der Waals surface area contributed by atoms with Gasteiger partial charge in [0.05, 0.1) is 5.76 Å². The van der Waals surface area contributed by atoms with Gasteiger partial charge in [0.15, 0.2) is 0 Å². The maximum absolute atomic E-state index is 11.4.